The highest BCUT2D eigenvalue weighted by molar-refractivity contribution is 7.88. The molecule has 2 aliphatic rings. The van der Waals surface area contributed by atoms with Gasteiger partial charge in [0.2, 0.25) is 0 Å². The molecule has 2 aliphatic heterocycles. The molecule has 0 aromatic heterocycles. The summed E-state index contributed by atoms with van der Waals surface area (Å²) in [4.78, 5) is 4.49. The Morgan fingerprint density at radius 2 is 1.82 bits per heavy atom. The number of likely N-dealkylation sites (N-methyl/N-ethyl adjacent to an activating group) is 1. The summed E-state index contributed by atoms with van der Waals surface area (Å²) in [6.07, 6.45) is 0.492. The second-order valence-corrected chi connectivity index (χ2v) is 8.66. The van der Waals surface area contributed by atoms with E-state index in [1.165, 1.54) is 17.7 Å². The van der Waals surface area contributed by atoms with Gasteiger partial charge in [0.15, 0.2) is 0 Å². The molecule has 1 saturated heterocycles. The first-order valence-electron chi connectivity index (χ1n) is 8.82. The van der Waals surface area contributed by atoms with Gasteiger partial charge in [-0.1, -0.05) is 24.3 Å². The molecule has 5 nitrogen and oxygen atoms in total. The molecular formula is C19H19F3N2O3S. The van der Waals surface area contributed by atoms with Crippen LogP contribution in [0.3, 0.4) is 0 Å². The Kier molecular flexibility index (Phi) is 4.54. The Balaban J connectivity index is 1.77. The fourth-order valence-electron chi connectivity index (χ4n) is 3.91. The summed E-state index contributed by atoms with van der Waals surface area (Å²) in [6, 6.07) is 12.4. The van der Waals surface area contributed by atoms with Crippen LogP contribution in [0.4, 0.5) is 18.9 Å². The second kappa shape index (κ2) is 6.66. The van der Waals surface area contributed by atoms with Crippen LogP contribution in [0.5, 0.6) is 5.75 Å². The van der Waals surface area contributed by atoms with Crippen molar-refractivity contribution in [1.29, 1.82) is 0 Å². The van der Waals surface area contributed by atoms with E-state index in [0.29, 0.717) is 6.42 Å². The first kappa shape index (κ1) is 19.1. The molecule has 0 amide bonds. The molecule has 2 aromatic carbocycles. The van der Waals surface area contributed by atoms with Gasteiger partial charge in [-0.2, -0.15) is 21.6 Å². The zero-order chi connectivity index (χ0) is 20.1. The molecule has 2 aromatic rings. The van der Waals surface area contributed by atoms with Gasteiger partial charge in [0, 0.05) is 25.3 Å². The number of rotatable bonds is 2. The van der Waals surface area contributed by atoms with E-state index < -0.39 is 15.6 Å². The third kappa shape index (κ3) is 3.33. The number of alkyl halides is 3. The summed E-state index contributed by atoms with van der Waals surface area (Å²) in [5, 5.41) is 0. The zero-order valence-electron chi connectivity index (χ0n) is 15.1. The molecule has 2 heterocycles. The first-order chi connectivity index (χ1) is 13.2. The minimum Gasteiger partial charge on any atom is -0.376 e. The Hall–Kier alpha value is -2.26. The molecular weight excluding hydrogens is 393 g/mol. The monoisotopic (exact) mass is 412 g/mol. The van der Waals surface area contributed by atoms with Crippen LogP contribution in [0.25, 0.3) is 0 Å². The van der Waals surface area contributed by atoms with Gasteiger partial charge in [-0.15, -0.1) is 0 Å². The largest absolute Gasteiger partial charge is 0.534 e. The van der Waals surface area contributed by atoms with E-state index in [0.717, 1.165) is 36.4 Å². The first-order valence-corrected chi connectivity index (χ1v) is 10.2. The van der Waals surface area contributed by atoms with Crippen molar-refractivity contribution in [2.75, 3.05) is 31.6 Å². The van der Waals surface area contributed by atoms with Gasteiger partial charge in [-0.3, -0.25) is 0 Å². The van der Waals surface area contributed by atoms with E-state index in [1.54, 1.807) is 6.07 Å². The van der Waals surface area contributed by atoms with Crippen LogP contribution in [-0.4, -0.2) is 45.5 Å². The van der Waals surface area contributed by atoms with Gasteiger partial charge in [-0.25, -0.2) is 0 Å². The van der Waals surface area contributed by atoms with Crippen molar-refractivity contribution in [3.8, 4) is 5.75 Å². The maximum atomic E-state index is 12.7. The highest BCUT2D eigenvalue weighted by Gasteiger charge is 2.48. The van der Waals surface area contributed by atoms with E-state index in [1.807, 2.05) is 18.2 Å². The summed E-state index contributed by atoms with van der Waals surface area (Å²) in [7, 11) is -3.64. The van der Waals surface area contributed by atoms with E-state index in [2.05, 4.69) is 27.1 Å². The molecule has 0 radical (unpaired) electrons. The van der Waals surface area contributed by atoms with Gasteiger partial charge in [0.05, 0.1) is 6.04 Å². The van der Waals surface area contributed by atoms with Crippen LogP contribution in [0.2, 0.25) is 0 Å². The van der Waals surface area contributed by atoms with Crippen molar-refractivity contribution in [3.63, 3.8) is 0 Å². The highest BCUT2D eigenvalue weighted by Crippen LogP contribution is 2.40. The lowest BCUT2D eigenvalue weighted by molar-refractivity contribution is -0.0500. The SMILES string of the molecule is CN1CCN2c3ccc(OS(=O)(=O)C(F)(F)F)cc3Cc3ccccc3[C@@H]2C1. The lowest BCUT2D eigenvalue weighted by Gasteiger charge is -2.41. The maximum Gasteiger partial charge on any atom is 0.534 e. The quantitative estimate of drug-likeness (QED) is 0.560. The molecule has 0 N–H and O–H groups in total. The maximum absolute atomic E-state index is 12.7. The van der Waals surface area contributed by atoms with Crippen molar-refractivity contribution in [3.05, 3.63) is 59.2 Å². The molecule has 1 fully saturated rings. The number of hydrogen-bond donors (Lipinski definition) is 0. The van der Waals surface area contributed by atoms with Crippen LogP contribution in [0.1, 0.15) is 22.7 Å². The fraction of sp³-hybridized carbons (Fsp3) is 0.368. The third-order valence-corrected chi connectivity index (χ3v) is 6.21. The molecule has 1 atom stereocenters. The van der Waals surface area contributed by atoms with Gasteiger partial charge >= 0.3 is 15.6 Å². The summed E-state index contributed by atoms with van der Waals surface area (Å²) in [6.45, 7) is 2.46. The van der Waals surface area contributed by atoms with Crippen molar-refractivity contribution in [2.24, 2.45) is 0 Å². The predicted molar refractivity (Wildman–Crippen MR) is 98.9 cm³/mol. The number of benzene rings is 2. The van der Waals surface area contributed by atoms with E-state index in [9.17, 15) is 21.6 Å². The van der Waals surface area contributed by atoms with Crippen LogP contribution in [0, 0.1) is 0 Å². The molecule has 150 valence electrons. The molecule has 4 rings (SSSR count). The minimum absolute atomic E-state index is 0.127. The number of halogens is 3. The van der Waals surface area contributed by atoms with Gasteiger partial charge in [0.25, 0.3) is 0 Å². The van der Waals surface area contributed by atoms with E-state index in [-0.39, 0.29) is 11.8 Å². The van der Waals surface area contributed by atoms with Crippen molar-refractivity contribution in [2.45, 2.75) is 18.0 Å². The Bertz CT molecular complexity index is 1010. The van der Waals surface area contributed by atoms with Crippen LogP contribution >= 0.6 is 0 Å². The lowest BCUT2D eigenvalue weighted by Crippen LogP contribution is -2.46. The number of piperazine rings is 1. The summed E-state index contributed by atoms with van der Waals surface area (Å²) in [5.41, 5.74) is -1.58. The third-order valence-electron chi connectivity index (χ3n) is 5.23. The molecule has 0 unspecified atom stereocenters. The normalized spacial score (nSPS) is 20.0. The standard InChI is InChI=1S/C19H19F3N2O3S/c1-23-8-9-24-17-7-6-15(27-28(25,26)19(20,21)22)11-14(17)10-13-4-2-3-5-16(13)18(24)12-23/h2-7,11,18H,8-10,12H2,1H3/t18-/m0/s1. The van der Waals surface area contributed by atoms with E-state index in [4.69, 9.17) is 0 Å². The van der Waals surface area contributed by atoms with Gasteiger partial charge in [0.1, 0.15) is 5.75 Å². The van der Waals surface area contributed by atoms with E-state index >= 15 is 0 Å². The molecule has 0 bridgehead atoms. The molecule has 0 spiro atoms. The van der Waals surface area contributed by atoms with Crippen molar-refractivity contribution >= 4 is 15.8 Å². The van der Waals surface area contributed by atoms with Crippen molar-refractivity contribution in [1.82, 2.24) is 4.90 Å². The minimum atomic E-state index is -5.70. The number of hydrogen-bond acceptors (Lipinski definition) is 5. The van der Waals surface area contributed by atoms with Crippen molar-refractivity contribution < 1.29 is 25.8 Å². The number of nitrogens with zero attached hydrogens (tertiary/aromatic N) is 2. The Labute approximate surface area is 161 Å². The topological polar surface area (TPSA) is 49.9 Å². The van der Waals surface area contributed by atoms with Crippen LogP contribution < -0.4 is 9.08 Å². The Morgan fingerprint density at radius 3 is 2.57 bits per heavy atom. The summed E-state index contributed by atoms with van der Waals surface area (Å²) < 4.78 is 65.0. The smallest absolute Gasteiger partial charge is 0.376 e. The van der Waals surface area contributed by atoms with Gasteiger partial charge in [-0.05, 0) is 48.4 Å². The average Bonchev–Trinajstić information content (AvgIpc) is 2.74. The summed E-state index contributed by atoms with van der Waals surface area (Å²) >= 11 is 0. The molecule has 0 aliphatic carbocycles. The number of anilines is 1. The zero-order valence-corrected chi connectivity index (χ0v) is 15.9. The average molecular weight is 412 g/mol. The van der Waals surface area contributed by atoms with Crippen LogP contribution in [0.15, 0.2) is 42.5 Å². The lowest BCUT2D eigenvalue weighted by atomic mass is 9.96. The van der Waals surface area contributed by atoms with Crippen LogP contribution in [-0.2, 0) is 16.5 Å². The number of fused-ring (bicyclic) bond motifs is 5. The Morgan fingerprint density at radius 1 is 1.07 bits per heavy atom. The second-order valence-electron chi connectivity index (χ2n) is 7.12. The van der Waals surface area contributed by atoms with Gasteiger partial charge < -0.3 is 14.0 Å². The molecule has 28 heavy (non-hydrogen) atoms. The summed E-state index contributed by atoms with van der Waals surface area (Å²) in [5.74, 6) is -0.332. The molecule has 9 heteroatoms. The fourth-order valence-corrected chi connectivity index (χ4v) is 4.36. The highest BCUT2D eigenvalue weighted by atomic mass is 32.2. The molecule has 0 saturated carbocycles. The predicted octanol–water partition coefficient (Wildman–Crippen LogP) is 3.31.